The first-order valence-electron chi connectivity index (χ1n) is 7.42. The summed E-state index contributed by atoms with van der Waals surface area (Å²) in [6, 6.07) is 9.01. The number of likely N-dealkylation sites (N-methyl/N-ethyl adjacent to an activating group) is 1. The average molecular weight is 262 g/mol. The lowest BCUT2D eigenvalue weighted by atomic mass is 10.1. The fourth-order valence-electron chi connectivity index (χ4n) is 2.84. The maximum absolute atomic E-state index is 9.82. The summed E-state index contributed by atoms with van der Waals surface area (Å²) < 4.78 is 0. The minimum atomic E-state index is -0.329. The van der Waals surface area contributed by atoms with Crippen molar-refractivity contribution in [3.8, 4) is 0 Å². The van der Waals surface area contributed by atoms with Gasteiger partial charge in [-0.05, 0) is 37.6 Å². The molecule has 2 rings (SSSR count). The maximum Gasteiger partial charge on any atom is 0.0787 e. The zero-order valence-electron chi connectivity index (χ0n) is 12.3. The standard InChI is InChI=1S/C16H26N2O/c1-4-16(19)14-6-8-15(9-7-14)18-11-10-17(5-2)13(3)12-18/h6-9,13,16,19H,4-5,10-12H2,1-3H3. The Balaban J connectivity index is 2.03. The number of aliphatic hydroxyl groups excluding tert-OH is 1. The second-order valence-electron chi connectivity index (χ2n) is 5.44. The Kier molecular flexibility index (Phi) is 4.83. The molecular formula is C16H26N2O. The van der Waals surface area contributed by atoms with Crippen molar-refractivity contribution in [3.63, 3.8) is 0 Å². The van der Waals surface area contributed by atoms with Crippen molar-refractivity contribution in [2.24, 2.45) is 0 Å². The number of piperazine rings is 1. The summed E-state index contributed by atoms with van der Waals surface area (Å²) in [5, 5.41) is 9.82. The Hall–Kier alpha value is -1.06. The van der Waals surface area contributed by atoms with Gasteiger partial charge in [-0.3, -0.25) is 4.90 Å². The number of benzene rings is 1. The predicted octanol–water partition coefficient (Wildman–Crippen LogP) is 2.66. The van der Waals surface area contributed by atoms with Crippen molar-refractivity contribution >= 4 is 5.69 Å². The lowest BCUT2D eigenvalue weighted by Crippen LogP contribution is -2.51. The van der Waals surface area contributed by atoms with Gasteiger partial charge >= 0.3 is 0 Å². The van der Waals surface area contributed by atoms with E-state index < -0.39 is 0 Å². The first-order valence-corrected chi connectivity index (χ1v) is 7.42. The van der Waals surface area contributed by atoms with Crippen LogP contribution >= 0.6 is 0 Å². The third-order valence-corrected chi connectivity index (χ3v) is 4.20. The molecule has 1 N–H and O–H groups in total. The minimum Gasteiger partial charge on any atom is -0.388 e. The molecule has 0 saturated carbocycles. The largest absolute Gasteiger partial charge is 0.388 e. The molecule has 3 nitrogen and oxygen atoms in total. The van der Waals surface area contributed by atoms with Gasteiger partial charge in [0.05, 0.1) is 6.10 Å². The highest BCUT2D eigenvalue weighted by Crippen LogP contribution is 2.23. The van der Waals surface area contributed by atoms with E-state index in [0.717, 1.165) is 38.2 Å². The van der Waals surface area contributed by atoms with E-state index in [9.17, 15) is 5.11 Å². The van der Waals surface area contributed by atoms with Gasteiger partial charge in [-0.1, -0.05) is 26.0 Å². The number of rotatable bonds is 4. The Labute approximate surface area is 116 Å². The lowest BCUT2D eigenvalue weighted by Gasteiger charge is -2.40. The highest BCUT2D eigenvalue weighted by Gasteiger charge is 2.22. The van der Waals surface area contributed by atoms with Crippen LogP contribution in [0.2, 0.25) is 0 Å². The van der Waals surface area contributed by atoms with E-state index in [1.807, 2.05) is 6.92 Å². The fourth-order valence-corrected chi connectivity index (χ4v) is 2.84. The molecule has 3 heteroatoms. The molecule has 2 unspecified atom stereocenters. The Bertz CT molecular complexity index is 390. The summed E-state index contributed by atoms with van der Waals surface area (Å²) in [6.45, 7) is 11.0. The van der Waals surface area contributed by atoms with Crippen LogP contribution in [0, 0.1) is 0 Å². The number of hydrogen-bond acceptors (Lipinski definition) is 3. The molecular weight excluding hydrogens is 236 g/mol. The lowest BCUT2D eigenvalue weighted by molar-refractivity contribution is 0.173. The van der Waals surface area contributed by atoms with Crippen LogP contribution in [0.3, 0.4) is 0 Å². The Morgan fingerprint density at radius 1 is 1.21 bits per heavy atom. The minimum absolute atomic E-state index is 0.329. The van der Waals surface area contributed by atoms with Crippen molar-refractivity contribution in [3.05, 3.63) is 29.8 Å². The van der Waals surface area contributed by atoms with Gasteiger partial charge in [0.15, 0.2) is 0 Å². The van der Waals surface area contributed by atoms with Crippen LogP contribution in [0.1, 0.15) is 38.9 Å². The maximum atomic E-state index is 9.82. The van der Waals surface area contributed by atoms with Crippen molar-refractivity contribution in [1.29, 1.82) is 0 Å². The van der Waals surface area contributed by atoms with Crippen LogP contribution in [0.5, 0.6) is 0 Å². The smallest absolute Gasteiger partial charge is 0.0787 e. The van der Waals surface area contributed by atoms with Crippen LogP contribution < -0.4 is 4.90 Å². The predicted molar refractivity (Wildman–Crippen MR) is 80.6 cm³/mol. The van der Waals surface area contributed by atoms with Gasteiger partial charge in [-0.25, -0.2) is 0 Å². The van der Waals surface area contributed by atoms with Crippen LogP contribution in [0.4, 0.5) is 5.69 Å². The summed E-state index contributed by atoms with van der Waals surface area (Å²) in [5.41, 5.74) is 2.29. The first-order chi connectivity index (χ1) is 9.15. The monoisotopic (exact) mass is 262 g/mol. The first kappa shape index (κ1) is 14.4. The third-order valence-electron chi connectivity index (χ3n) is 4.20. The molecule has 2 atom stereocenters. The molecule has 1 aromatic carbocycles. The van der Waals surface area contributed by atoms with E-state index in [2.05, 4.69) is 47.9 Å². The summed E-state index contributed by atoms with van der Waals surface area (Å²) >= 11 is 0. The molecule has 0 bridgehead atoms. The summed E-state index contributed by atoms with van der Waals surface area (Å²) in [6.07, 6.45) is 0.441. The van der Waals surface area contributed by atoms with E-state index in [4.69, 9.17) is 0 Å². The second kappa shape index (κ2) is 6.40. The van der Waals surface area contributed by atoms with Gasteiger partial charge in [0.1, 0.15) is 0 Å². The highest BCUT2D eigenvalue weighted by molar-refractivity contribution is 5.48. The van der Waals surface area contributed by atoms with E-state index in [0.29, 0.717) is 6.04 Å². The van der Waals surface area contributed by atoms with Crippen molar-refractivity contribution in [1.82, 2.24) is 4.90 Å². The molecule has 0 radical (unpaired) electrons. The molecule has 0 amide bonds. The van der Waals surface area contributed by atoms with E-state index in [1.54, 1.807) is 0 Å². The van der Waals surface area contributed by atoms with Gasteiger partial charge < -0.3 is 10.0 Å². The summed E-state index contributed by atoms with van der Waals surface area (Å²) in [7, 11) is 0. The normalized spacial score (nSPS) is 22.5. The van der Waals surface area contributed by atoms with Gasteiger partial charge in [0.2, 0.25) is 0 Å². The molecule has 1 aromatic rings. The average Bonchev–Trinajstić information content (AvgIpc) is 2.46. The van der Waals surface area contributed by atoms with Crippen LogP contribution in [-0.4, -0.2) is 42.2 Å². The number of anilines is 1. The van der Waals surface area contributed by atoms with Crippen molar-refractivity contribution in [2.75, 3.05) is 31.1 Å². The van der Waals surface area contributed by atoms with Gasteiger partial charge in [-0.15, -0.1) is 0 Å². The van der Waals surface area contributed by atoms with Crippen LogP contribution in [0.15, 0.2) is 24.3 Å². The third kappa shape index (κ3) is 3.28. The topological polar surface area (TPSA) is 26.7 Å². The van der Waals surface area contributed by atoms with Crippen LogP contribution in [0.25, 0.3) is 0 Å². The van der Waals surface area contributed by atoms with Crippen molar-refractivity contribution < 1.29 is 5.11 Å². The summed E-state index contributed by atoms with van der Waals surface area (Å²) in [5.74, 6) is 0. The number of nitrogens with zero attached hydrogens (tertiary/aromatic N) is 2. The molecule has 0 aromatic heterocycles. The molecule has 1 fully saturated rings. The molecule has 19 heavy (non-hydrogen) atoms. The Morgan fingerprint density at radius 2 is 1.89 bits per heavy atom. The fraction of sp³-hybridized carbons (Fsp3) is 0.625. The van der Waals surface area contributed by atoms with Gasteiger partial charge in [-0.2, -0.15) is 0 Å². The van der Waals surface area contributed by atoms with Crippen molar-refractivity contribution in [2.45, 2.75) is 39.3 Å². The molecule has 106 valence electrons. The SMILES string of the molecule is CCC(O)c1ccc(N2CCN(CC)C(C)C2)cc1. The molecule has 1 aliphatic heterocycles. The van der Waals surface area contributed by atoms with Crippen LogP contribution in [-0.2, 0) is 0 Å². The number of hydrogen-bond donors (Lipinski definition) is 1. The molecule has 1 heterocycles. The molecule has 0 spiro atoms. The Morgan fingerprint density at radius 3 is 2.42 bits per heavy atom. The second-order valence-corrected chi connectivity index (χ2v) is 5.44. The van der Waals surface area contributed by atoms with Gasteiger partial charge in [0.25, 0.3) is 0 Å². The molecule has 1 saturated heterocycles. The van der Waals surface area contributed by atoms with E-state index >= 15 is 0 Å². The molecule has 0 aliphatic carbocycles. The number of aliphatic hydroxyl groups is 1. The van der Waals surface area contributed by atoms with E-state index in [1.165, 1.54) is 5.69 Å². The zero-order valence-corrected chi connectivity index (χ0v) is 12.3. The summed E-state index contributed by atoms with van der Waals surface area (Å²) in [4.78, 5) is 4.96. The van der Waals surface area contributed by atoms with E-state index in [-0.39, 0.29) is 6.10 Å². The highest BCUT2D eigenvalue weighted by atomic mass is 16.3. The molecule has 1 aliphatic rings. The quantitative estimate of drug-likeness (QED) is 0.903. The van der Waals surface area contributed by atoms with Gasteiger partial charge in [0, 0.05) is 31.4 Å². The zero-order chi connectivity index (χ0) is 13.8.